The van der Waals surface area contributed by atoms with E-state index in [1.165, 1.54) is 5.56 Å². The van der Waals surface area contributed by atoms with Gasteiger partial charge in [-0.15, -0.1) is 0 Å². The van der Waals surface area contributed by atoms with E-state index in [0.717, 1.165) is 12.0 Å². The highest BCUT2D eigenvalue weighted by atomic mass is 79.9. The van der Waals surface area contributed by atoms with Gasteiger partial charge in [-0.3, -0.25) is 5.10 Å². The fourth-order valence-corrected chi connectivity index (χ4v) is 2.44. The fraction of sp³-hybridized carbons (Fsp3) is 0.286. The summed E-state index contributed by atoms with van der Waals surface area (Å²) < 4.78 is 0.483. The maximum absolute atomic E-state index is 10.9. The molecular formula is C14H15BrN2O2. The molecule has 2 rings (SSSR count). The number of carboxylic acids is 1. The van der Waals surface area contributed by atoms with Gasteiger partial charge in [-0.1, -0.05) is 38.1 Å². The van der Waals surface area contributed by atoms with Crippen molar-refractivity contribution in [2.45, 2.75) is 26.2 Å². The van der Waals surface area contributed by atoms with Crippen molar-refractivity contribution in [3.63, 3.8) is 0 Å². The molecule has 0 fully saturated rings. The van der Waals surface area contributed by atoms with Crippen LogP contribution in [0, 0.1) is 0 Å². The summed E-state index contributed by atoms with van der Waals surface area (Å²) in [6, 6.07) is 8.05. The first-order chi connectivity index (χ1) is 9.04. The number of aromatic nitrogens is 2. The topological polar surface area (TPSA) is 66.0 Å². The Balaban J connectivity index is 2.35. The number of hydrogen-bond donors (Lipinski definition) is 2. The smallest absolute Gasteiger partial charge is 0.355 e. The van der Waals surface area contributed by atoms with Crippen LogP contribution in [-0.4, -0.2) is 21.3 Å². The first-order valence-corrected chi connectivity index (χ1v) is 6.91. The molecule has 0 spiro atoms. The van der Waals surface area contributed by atoms with Crippen LogP contribution in [0.25, 0.3) is 11.3 Å². The average molecular weight is 323 g/mol. The Kier molecular flexibility index (Phi) is 4.04. The molecule has 1 heterocycles. The molecule has 0 aliphatic carbocycles. The minimum Gasteiger partial charge on any atom is -0.476 e. The molecule has 0 aliphatic rings. The molecular weight excluding hydrogens is 308 g/mol. The predicted octanol–water partition coefficient (Wildman–Crippen LogP) is 4.05. The van der Waals surface area contributed by atoms with Gasteiger partial charge in [-0.25, -0.2) is 4.79 Å². The standard InChI is InChI=1S/C14H15BrN2O2/c1-3-8(2)9-4-6-10(7-5-9)12-11(15)13(14(18)19)17-16-12/h4-8H,3H2,1-2H3,(H,16,17)(H,18,19). The third-order valence-electron chi connectivity index (χ3n) is 3.29. The van der Waals surface area contributed by atoms with Crippen LogP contribution in [0.2, 0.25) is 0 Å². The fourth-order valence-electron chi connectivity index (χ4n) is 1.87. The molecule has 0 saturated heterocycles. The van der Waals surface area contributed by atoms with Crippen molar-refractivity contribution in [2.24, 2.45) is 0 Å². The van der Waals surface area contributed by atoms with Gasteiger partial charge in [0, 0.05) is 5.56 Å². The second-order valence-corrected chi connectivity index (χ2v) is 5.29. The van der Waals surface area contributed by atoms with Gasteiger partial charge in [-0.2, -0.15) is 5.10 Å². The monoisotopic (exact) mass is 322 g/mol. The number of H-pyrrole nitrogens is 1. The van der Waals surface area contributed by atoms with E-state index in [2.05, 4.69) is 52.1 Å². The zero-order valence-electron chi connectivity index (χ0n) is 10.8. The Bertz CT molecular complexity index is 590. The van der Waals surface area contributed by atoms with E-state index in [0.29, 0.717) is 16.1 Å². The van der Waals surface area contributed by atoms with Crippen molar-refractivity contribution in [3.8, 4) is 11.3 Å². The van der Waals surface area contributed by atoms with Crippen molar-refractivity contribution < 1.29 is 9.90 Å². The highest BCUT2D eigenvalue weighted by molar-refractivity contribution is 9.10. The van der Waals surface area contributed by atoms with Crippen molar-refractivity contribution in [3.05, 3.63) is 40.0 Å². The average Bonchev–Trinajstić information content (AvgIpc) is 2.80. The van der Waals surface area contributed by atoms with Crippen molar-refractivity contribution >= 4 is 21.9 Å². The molecule has 1 aromatic heterocycles. The number of carboxylic acid groups (broad SMARTS) is 1. The molecule has 0 bridgehead atoms. The lowest BCUT2D eigenvalue weighted by molar-refractivity contribution is 0.0689. The van der Waals surface area contributed by atoms with Crippen LogP contribution in [-0.2, 0) is 0 Å². The lowest BCUT2D eigenvalue weighted by Gasteiger charge is -2.09. The molecule has 0 aliphatic heterocycles. The molecule has 100 valence electrons. The van der Waals surface area contributed by atoms with Crippen molar-refractivity contribution in [2.75, 3.05) is 0 Å². The van der Waals surface area contributed by atoms with Crippen LogP contribution >= 0.6 is 15.9 Å². The van der Waals surface area contributed by atoms with Crippen LogP contribution in [0.1, 0.15) is 42.2 Å². The summed E-state index contributed by atoms with van der Waals surface area (Å²) in [6.45, 7) is 4.34. The predicted molar refractivity (Wildman–Crippen MR) is 77.4 cm³/mol. The SMILES string of the molecule is CCC(C)c1ccc(-c2n[nH]c(C(=O)O)c2Br)cc1. The van der Waals surface area contributed by atoms with Gasteiger partial charge in [0.1, 0.15) is 5.69 Å². The van der Waals surface area contributed by atoms with E-state index in [9.17, 15) is 4.79 Å². The number of carbonyl (C=O) groups is 1. The second kappa shape index (κ2) is 5.57. The molecule has 1 aromatic carbocycles. The summed E-state index contributed by atoms with van der Waals surface area (Å²) in [4.78, 5) is 10.9. The summed E-state index contributed by atoms with van der Waals surface area (Å²) in [6.07, 6.45) is 1.09. The Labute approximate surface area is 120 Å². The zero-order valence-corrected chi connectivity index (χ0v) is 12.4. The molecule has 1 atom stereocenters. The molecule has 2 N–H and O–H groups in total. The highest BCUT2D eigenvalue weighted by Gasteiger charge is 2.17. The van der Waals surface area contributed by atoms with E-state index in [1.807, 2.05) is 12.1 Å². The first-order valence-electron chi connectivity index (χ1n) is 6.12. The maximum atomic E-state index is 10.9. The van der Waals surface area contributed by atoms with E-state index in [4.69, 9.17) is 5.11 Å². The number of benzene rings is 1. The number of aromatic carboxylic acids is 1. The van der Waals surface area contributed by atoms with Gasteiger partial charge < -0.3 is 5.11 Å². The van der Waals surface area contributed by atoms with E-state index >= 15 is 0 Å². The minimum atomic E-state index is -1.03. The first kappa shape index (κ1) is 13.8. The molecule has 0 saturated carbocycles. The van der Waals surface area contributed by atoms with Crippen LogP contribution in [0.5, 0.6) is 0 Å². The van der Waals surface area contributed by atoms with Crippen molar-refractivity contribution in [1.82, 2.24) is 10.2 Å². The third kappa shape index (κ3) is 2.71. The second-order valence-electron chi connectivity index (χ2n) is 4.50. The van der Waals surface area contributed by atoms with Gasteiger partial charge in [-0.05, 0) is 33.8 Å². The van der Waals surface area contributed by atoms with Gasteiger partial charge in [0.05, 0.1) is 4.47 Å². The van der Waals surface area contributed by atoms with Crippen LogP contribution in [0.15, 0.2) is 28.7 Å². The van der Waals surface area contributed by atoms with Crippen LogP contribution in [0.3, 0.4) is 0 Å². The van der Waals surface area contributed by atoms with Gasteiger partial charge in [0.15, 0.2) is 5.69 Å². The lowest BCUT2D eigenvalue weighted by atomic mass is 9.97. The number of nitrogens with one attached hydrogen (secondary N) is 1. The summed E-state index contributed by atoms with van der Waals surface area (Å²) in [5.41, 5.74) is 2.85. The number of hydrogen-bond acceptors (Lipinski definition) is 2. The molecule has 0 radical (unpaired) electrons. The lowest BCUT2D eigenvalue weighted by Crippen LogP contribution is -1.96. The van der Waals surface area contributed by atoms with E-state index in [-0.39, 0.29) is 5.69 Å². The minimum absolute atomic E-state index is 0.0704. The number of halogens is 1. The van der Waals surface area contributed by atoms with Gasteiger partial charge in [0.2, 0.25) is 0 Å². The molecule has 4 nitrogen and oxygen atoms in total. The largest absolute Gasteiger partial charge is 0.476 e. The van der Waals surface area contributed by atoms with E-state index < -0.39 is 5.97 Å². The summed E-state index contributed by atoms with van der Waals surface area (Å²) in [5, 5.41) is 15.5. The van der Waals surface area contributed by atoms with Crippen molar-refractivity contribution in [1.29, 1.82) is 0 Å². The number of nitrogens with zero attached hydrogens (tertiary/aromatic N) is 1. The van der Waals surface area contributed by atoms with Gasteiger partial charge in [0.25, 0.3) is 0 Å². The Morgan fingerprint density at radius 2 is 2.05 bits per heavy atom. The Hall–Kier alpha value is -1.62. The zero-order chi connectivity index (χ0) is 14.0. The Morgan fingerprint density at radius 3 is 2.53 bits per heavy atom. The summed E-state index contributed by atoms with van der Waals surface area (Å²) in [7, 11) is 0. The number of rotatable bonds is 4. The van der Waals surface area contributed by atoms with Crippen LogP contribution < -0.4 is 0 Å². The quantitative estimate of drug-likeness (QED) is 0.892. The molecule has 0 amide bonds. The molecule has 2 aromatic rings. The normalized spacial score (nSPS) is 12.4. The Morgan fingerprint density at radius 1 is 1.42 bits per heavy atom. The molecule has 19 heavy (non-hydrogen) atoms. The molecule has 5 heteroatoms. The van der Waals surface area contributed by atoms with Crippen LogP contribution in [0.4, 0.5) is 0 Å². The molecule has 1 unspecified atom stereocenters. The maximum Gasteiger partial charge on any atom is 0.355 e. The summed E-state index contributed by atoms with van der Waals surface area (Å²) in [5.74, 6) is -0.506. The van der Waals surface area contributed by atoms with Gasteiger partial charge >= 0.3 is 5.97 Å². The highest BCUT2D eigenvalue weighted by Crippen LogP contribution is 2.30. The third-order valence-corrected chi connectivity index (χ3v) is 4.06. The summed E-state index contributed by atoms with van der Waals surface area (Å²) >= 11 is 3.28. The van der Waals surface area contributed by atoms with E-state index in [1.54, 1.807) is 0 Å². The number of aromatic amines is 1.